The number of nitriles is 2. The number of aryl methyl sites for hydroxylation is 2. The first-order valence-electron chi connectivity index (χ1n) is 7.30. The normalized spacial score (nSPS) is 11.2. The summed E-state index contributed by atoms with van der Waals surface area (Å²) in [5.41, 5.74) is 3.21. The van der Waals surface area contributed by atoms with Crippen LogP contribution in [0.25, 0.3) is 0 Å². The third kappa shape index (κ3) is 4.13. The van der Waals surface area contributed by atoms with Crippen LogP contribution in [0.1, 0.15) is 29.3 Å². The van der Waals surface area contributed by atoms with Crippen molar-refractivity contribution in [1.82, 2.24) is 4.98 Å². The first-order valence-corrected chi connectivity index (χ1v) is 8.18. The number of nitrogens with zero attached hydrogens (tertiary/aromatic N) is 3. The van der Waals surface area contributed by atoms with Crippen LogP contribution in [0.4, 0.5) is 5.69 Å². The van der Waals surface area contributed by atoms with Crippen LogP contribution in [0.2, 0.25) is 0 Å². The number of nitrogens with one attached hydrogen (secondary N) is 1. The van der Waals surface area contributed by atoms with E-state index in [4.69, 9.17) is 5.26 Å². The van der Waals surface area contributed by atoms with E-state index in [9.17, 15) is 10.1 Å². The van der Waals surface area contributed by atoms with Crippen LogP contribution in [0.15, 0.2) is 35.4 Å². The number of carbonyl (C=O) groups is 1. The monoisotopic (exact) mass is 336 g/mol. The second-order valence-corrected chi connectivity index (χ2v) is 6.64. The van der Waals surface area contributed by atoms with Gasteiger partial charge in [0.05, 0.1) is 22.4 Å². The molecule has 5 nitrogen and oxygen atoms in total. The van der Waals surface area contributed by atoms with Crippen molar-refractivity contribution in [2.75, 3.05) is 5.32 Å². The predicted octanol–water partition coefficient (Wildman–Crippen LogP) is 3.56. The highest BCUT2D eigenvalue weighted by atomic mass is 32.2. The summed E-state index contributed by atoms with van der Waals surface area (Å²) in [5, 5.41) is 21.1. The molecule has 0 aliphatic carbocycles. The standard InChI is InChI=1S/C18H16N4OS/c1-11-7-12(2)21-18(16(11)10-20)24-13(3)17(23)22-15-6-4-5-14(8-15)9-19/h4-8,13H,1-3H3,(H,22,23). The predicted molar refractivity (Wildman–Crippen MR) is 93.5 cm³/mol. The van der Waals surface area contributed by atoms with Crippen LogP contribution < -0.4 is 5.32 Å². The van der Waals surface area contributed by atoms with E-state index in [0.29, 0.717) is 21.8 Å². The lowest BCUT2D eigenvalue weighted by molar-refractivity contribution is -0.115. The van der Waals surface area contributed by atoms with Gasteiger partial charge in [0, 0.05) is 11.4 Å². The van der Waals surface area contributed by atoms with Crippen molar-refractivity contribution in [3.8, 4) is 12.1 Å². The summed E-state index contributed by atoms with van der Waals surface area (Å²) in [6, 6.07) is 12.8. The molecule has 0 aliphatic rings. The number of hydrogen-bond acceptors (Lipinski definition) is 5. The third-order valence-corrected chi connectivity index (χ3v) is 4.43. The van der Waals surface area contributed by atoms with E-state index in [1.165, 1.54) is 11.8 Å². The first-order chi connectivity index (χ1) is 11.4. The number of aromatic nitrogens is 1. The number of pyridine rings is 1. The van der Waals surface area contributed by atoms with Gasteiger partial charge in [-0.05, 0) is 50.6 Å². The van der Waals surface area contributed by atoms with Gasteiger partial charge in [0.2, 0.25) is 5.91 Å². The number of benzene rings is 1. The molecule has 0 spiro atoms. The minimum atomic E-state index is -0.434. The number of anilines is 1. The molecule has 1 N–H and O–H groups in total. The van der Waals surface area contributed by atoms with E-state index < -0.39 is 5.25 Å². The van der Waals surface area contributed by atoms with E-state index in [1.807, 2.05) is 26.0 Å². The van der Waals surface area contributed by atoms with Gasteiger partial charge in [0.15, 0.2) is 0 Å². The van der Waals surface area contributed by atoms with Crippen molar-refractivity contribution in [2.24, 2.45) is 0 Å². The molecule has 1 unspecified atom stereocenters. The molecule has 1 aromatic heterocycles. The number of carbonyl (C=O) groups excluding carboxylic acids is 1. The van der Waals surface area contributed by atoms with E-state index in [0.717, 1.165) is 11.3 Å². The van der Waals surface area contributed by atoms with Gasteiger partial charge in [-0.1, -0.05) is 17.8 Å². The zero-order chi connectivity index (χ0) is 17.7. The molecule has 120 valence electrons. The lowest BCUT2D eigenvalue weighted by Crippen LogP contribution is -2.22. The van der Waals surface area contributed by atoms with Crippen molar-refractivity contribution in [3.05, 3.63) is 52.7 Å². The first kappa shape index (κ1) is 17.5. The molecule has 0 radical (unpaired) electrons. The molecule has 1 heterocycles. The topological polar surface area (TPSA) is 89.6 Å². The minimum Gasteiger partial charge on any atom is -0.325 e. The highest BCUT2D eigenvalue weighted by molar-refractivity contribution is 8.00. The van der Waals surface area contributed by atoms with E-state index in [-0.39, 0.29) is 5.91 Å². The van der Waals surface area contributed by atoms with Gasteiger partial charge in [-0.25, -0.2) is 4.98 Å². The molecule has 24 heavy (non-hydrogen) atoms. The van der Waals surface area contributed by atoms with Gasteiger partial charge in [-0.15, -0.1) is 0 Å². The molecule has 0 bridgehead atoms. The summed E-state index contributed by atoms with van der Waals surface area (Å²) in [5.74, 6) is -0.208. The van der Waals surface area contributed by atoms with Crippen LogP contribution in [0, 0.1) is 36.5 Å². The molecule has 1 aromatic carbocycles. The molecule has 2 aromatic rings. The Morgan fingerprint density at radius 1 is 1.25 bits per heavy atom. The van der Waals surface area contributed by atoms with Crippen LogP contribution in [-0.2, 0) is 4.79 Å². The molecular weight excluding hydrogens is 320 g/mol. The van der Waals surface area contributed by atoms with E-state index >= 15 is 0 Å². The number of thioether (sulfide) groups is 1. The molecule has 6 heteroatoms. The maximum absolute atomic E-state index is 12.4. The number of rotatable bonds is 4. The highest BCUT2D eigenvalue weighted by Crippen LogP contribution is 2.28. The van der Waals surface area contributed by atoms with Crippen LogP contribution in [0.5, 0.6) is 0 Å². The average molecular weight is 336 g/mol. The second-order valence-electron chi connectivity index (χ2n) is 5.31. The van der Waals surface area contributed by atoms with E-state index in [1.54, 1.807) is 31.2 Å². The number of hydrogen-bond donors (Lipinski definition) is 1. The summed E-state index contributed by atoms with van der Waals surface area (Å²) < 4.78 is 0. The maximum Gasteiger partial charge on any atom is 0.237 e. The number of amides is 1. The van der Waals surface area contributed by atoms with Crippen LogP contribution >= 0.6 is 11.8 Å². The smallest absolute Gasteiger partial charge is 0.237 e. The van der Waals surface area contributed by atoms with Crippen molar-refractivity contribution >= 4 is 23.4 Å². The molecule has 0 fully saturated rings. The summed E-state index contributed by atoms with van der Waals surface area (Å²) in [6.45, 7) is 5.47. The largest absolute Gasteiger partial charge is 0.325 e. The molecule has 0 aliphatic heterocycles. The fourth-order valence-corrected chi connectivity index (χ4v) is 3.18. The van der Waals surface area contributed by atoms with Gasteiger partial charge in [0.1, 0.15) is 11.1 Å². The molecule has 1 amide bonds. The van der Waals surface area contributed by atoms with Crippen molar-refractivity contribution in [3.63, 3.8) is 0 Å². The molecule has 1 atom stereocenters. The van der Waals surface area contributed by atoms with Crippen molar-refractivity contribution in [2.45, 2.75) is 31.0 Å². The molecule has 0 saturated carbocycles. The Morgan fingerprint density at radius 3 is 2.67 bits per heavy atom. The Labute approximate surface area is 145 Å². The zero-order valence-electron chi connectivity index (χ0n) is 13.6. The summed E-state index contributed by atoms with van der Waals surface area (Å²) in [4.78, 5) is 16.7. The fraction of sp³-hybridized carbons (Fsp3) is 0.222. The van der Waals surface area contributed by atoms with Gasteiger partial charge in [-0.3, -0.25) is 4.79 Å². The summed E-state index contributed by atoms with van der Waals surface area (Å²) >= 11 is 1.25. The Bertz CT molecular complexity index is 864. The minimum absolute atomic E-state index is 0.208. The SMILES string of the molecule is Cc1cc(C)c(C#N)c(SC(C)C(=O)Nc2cccc(C#N)c2)n1. The Balaban J connectivity index is 2.15. The van der Waals surface area contributed by atoms with Crippen LogP contribution in [-0.4, -0.2) is 16.1 Å². The summed E-state index contributed by atoms with van der Waals surface area (Å²) in [6.07, 6.45) is 0. The third-order valence-electron chi connectivity index (χ3n) is 3.34. The molecular formula is C18H16N4OS. The maximum atomic E-state index is 12.4. The van der Waals surface area contributed by atoms with Gasteiger partial charge >= 0.3 is 0 Å². The van der Waals surface area contributed by atoms with Gasteiger partial charge in [0.25, 0.3) is 0 Å². The Morgan fingerprint density at radius 2 is 2.00 bits per heavy atom. The Hall–Kier alpha value is -2.83. The fourth-order valence-electron chi connectivity index (χ4n) is 2.16. The summed E-state index contributed by atoms with van der Waals surface area (Å²) in [7, 11) is 0. The van der Waals surface area contributed by atoms with Crippen LogP contribution in [0.3, 0.4) is 0 Å². The van der Waals surface area contributed by atoms with Crippen molar-refractivity contribution in [1.29, 1.82) is 10.5 Å². The van der Waals surface area contributed by atoms with Crippen molar-refractivity contribution < 1.29 is 4.79 Å². The lowest BCUT2D eigenvalue weighted by atomic mass is 10.1. The quantitative estimate of drug-likeness (QED) is 0.862. The van der Waals surface area contributed by atoms with E-state index in [2.05, 4.69) is 16.4 Å². The Kier molecular flexibility index (Phi) is 5.57. The molecule has 0 saturated heterocycles. The highest BCUT2D eigenvalue weighted by Gasteiger charge is 2.19. The average Bonchev–Trinajstić information content (AvgIpc) is 2.54. The zero-order valence-corrected chi connectivity index (χ0v) is 14.4. The second kappa shape index (κ2) is 7.63. The molecule has 2 rings (SSSR count). The van der Waals surface area contributed by atoms with Gasteiger partial charge < -0.3 is 5.32 Å². The lowest BCUT2D eigenvalue weighted by Gasteiger charge is -2.13. The van der Waals surface area contributed by atoms with Gasteiger partial charge in [-0.2, -0.15) is 10.5 Å².